The van der Waals surface area contributed by atoms with E-state index in [1.54, 1.807) is 0 Å². The number of hydrazine groups is 1. The van der Waals surface area contributed by atoms with Crippen LogP contribution in [0.1, 0.15) is 26.2 Å². The zero-order valence-corrected chi connectivity index (χ0v) is 11.8. The van der Waals surface area contributed by atoms with Crippen LogP contribution in [0.15, 0.2) is 0 Å². The van der Waals surface area contributed by atoms with Crippen LogP contribution in [0.4, 0.5) is 17.8 Å². The quantitative estimate of drug-likeness (QED) is 0.432. The predicted octanol–water partition coefficient (Wildman–Crippen LogP) is 0.188. The molecule has 2 rings (SSSR count). The van der Waals surface area contributed by atoms with Gasteiger partial charge in [0.1, 0.15) is 0 Å². The molecule has 1 unspecified atom stereocenters. The summed E-state index contributed by atoms with van der Waals surface area (Å²) in [5.74, 6) is 7.02. The molecule has 0 bridgehead atoms. The highest BCUT2D eigenvalue weighted by atomic mass is 16.3. The van der Waals surface area contributed by atoms with Crippen molar-refractivity contribution < 1.29 is 5.11 Å². The fraction of sp³-hybridized carbons (Fsp3) is 0.750. The number of nitrogens with zero attached hydrogens (tertiary/aromatic N) is 4. The standard InChI is InChI=1S/C12H23N7O/c1-9(8-20)7-14-10-15-11(18-13)17-12(16-10)19-5-3-2-4-6-19/h9,20H,2-8,13H2,1H3,(H2,14,15,16,17,18). The molecule has 112 valence electrons. The Bertz CT molecular complexity index is 422. The van der Waals surface area contributed by atoms with Crippen LogP contribution in [0, 0.1) is 5.92 Å². The van der Waals surface area contributed by atoms with Crippen LogP contribution in [0.3, 0.4) is 0 Å². The van der Waals surface area contributed by atoms with Crippen LogP contribution in [0.2, 0.25) is 0 Å². The fourth-order valence-corrected chi connectivity index (χ4v) is 2.07. The van der Waals surface area contributed by atoms with E-state index in [4.69, 9.17) is 10.9 Å². The number of rotatable bonds is 6. The summed E-state index contributed by atoms with van der Waals surface area (Å²) in [6.07, 6.45) is 3.56. The fourth-order valence-electron chi connectivity index (χ4n) is 2.07. The van der Waals surface area contributed by atoms with Crippen molar-refractivity contribution >= 4 is 17.8 Å². The highest BCUT2D eigenvalue weighted by molar-refractivity contribution is 5.43. The zero-order chi connectivity index (χ0) is 14.4. The SMILES string of the molecule is CC(CO)CNc1nc(NN)nc(N2CCCCC2)n1. The van der Waals surface area contributed by atoms with Crippen molar-refractivity contribution in [1.82, 2.24) is 15.0 Å². The van der Waals surface area contributed by atoms with Gasteiger partial charge < -0.3 is 15.3 Å². The number of nitrogens with two attached hydrogens (primary N) is 1. The largest absolute Gasteiger partial charge is 0.396 e. The molecular formula is C12H23N7O. The van der Waals surface area contributed by atoms with Crippen molar-refractivity contribution in [2.45, 2.75) is 26.2 Å². The van der Waals surface area contributed by atoms with Gasteiger partial charge in [0, 0.05) is 26.2 Å². The molecule has 0 amide bonds. The summed E-state index contributed by atoms with van der Waals surface area (Å²) in [4.78, 5) is 15.0. The molecular weight excluding hydrogens is 258 g/mol. The van der Waals surface area contributed by atoms with E-state index in [0.29, 0.717) is 24.4 Å². The second kappa shape index (κ2) is 7.20. The molecule has 5 N–H and O–H groups in total. The number of piperidine rings is 1. The zero-order valence-electron chi connectivity index (χ0n) is 11.8. The topological polar surface area (TPSA) is 112 Å². The Balaban J connectivity index is 2.10. The van der Waals surface area contributed by atoms with Crippen LogP contribution < -0.4 is 21.5 Å². The van der Waals surface area contributed by atoms with Crippen molar-refractivity contribution in [1.29, 1.82) is 0 Å². The number of nitrogens with one attached hydrogen (secondary N) is 2. The van der Waals surface area contributed by atoms with Gasteiger partial charge in [0.25, 0.3) is 0 Å². The molecule has 20 heavy (non-hydrogen) atoms. The number of anilines is 3. The minimum Gasteiger partial charge on any atom is -0.396 e. The van der Waals surface area contributed by atoms with Crippen molar-refractivity contribution in [2.75, 3.05) is 41.9 Å². The van der Waals surface area contributed by atoms with Crippen molar-refractivity contribution in [3.63, 3.8) is 0 Å². The Labute approximate surface area is 118 Å². The van der Waals surface area contributed by atoms with E-state index in [0.717, 1.165) is 25.9 Å². The lowest BCUT2D eigenvalue weighted by molar-refractivity contribution is 0.244. The van der Waals surface area contributed by atoms with E-state index in [-0.39, 0.29) is 12.5 Å². The average Bonchev–Trinajstić information content (AvgIpc) is 2.53. The third-order valence-electron chi connectivity index (χ3n) is 3.31. The molecule has 8 nitrogen and oxygen atoms in total. The first kappa shape index (κ1) is 14.7. The third kappa shape index (κ3) is 3.91. The smallest absolute Gasteiger partial charge is 0.243 e. The first-order chi connectivity index (χ1) is 9.72. The Morgan fingerprint density at radius 3 is 2.55 bits per heavy atom. The van der Waals surface area contributed by atoms with Crippen molar-refractivity contribution in [3.8, 4) is 0 Å². The Morgan fingerprint density at radius 1 is 1.20 bits per heavy atom. The molecule has 2 heterocycles. The van der Waals surface area contributed by atoms with Gasteiger partial charge in [-0.1, -0.05) is 6.92 Å². The second-order valence-electron chi connectivity index (χ2n) is 5.14. The van der Waals surface area contributed by atoms with Crippen LogP contribution in [-0.4, -0.2) is 46.3 Å². The molecule has 1 atom stereocenters. The van der Waals surface area contributed by atoms with Gasteiger partial charge in [-0.15, -0.1) is 0 Å². The third-order valence-corrected chi connectivity index (χ3v) is 3.31. The molecule has 8 heteroatoms. The van der Waals surface area contributed by atoms with Crippen molar-refractivity contribution in [3.05, 3.63) is 0 Å². The molecule has 0 radical (unpaired) electrons. The molecule has 1 aliphatic heterocycles. The first-order valence-corrected chi connectivity index (χ1v) is 7.05. The Kier molecular flexibility index (Phi) is 5.31. The van der Waals surface area contributed by atoms with E-state index in [1.807, 2.05) is 6.92 Å². The van der Waals surface area contributed by atoms with Gasteiger partial charge in [-0.25, -0.2) is 5.84 Å². The molecule has 0 spiro atoms. The van der Waals surface area contributed by atoms with E-state index >= 15 is 0 Å². The normalized spacial score (nSPS) is 16.9. The van der Waals surface area contributed by atoms with E-state index < -0.39 is 0 Å². The second-order valence-corrected chi connectivity index (χ2v) is 5.14. The molecule has 1 fully saturated rings. The average molecular weight is 281 g/mol. The molecule has 1 saturated heterocycles. The molecule has 0 aromatic carbocycles. The van der Waals surface area contributed by atoms with Gasteiger partial charge in [-0.3, -0.25) is 5.43 Å². The molecule has 1 aliphatic rings. The number of aliphatic hydroxyl groups excluding tert-OH is 1. The maximum absolute atomic E-state index is 9.04. The van der Waals surface area contributed by atoms with Crippen LogP contribution in [0.25, 0.3) is 0 Å². The number of aromatic nitrogens is 3. The minimum atomic E-state index is 0.124. The maximum Gasteiger partial charge on any atom is 0.243 e. The number of aliphatic hydroxyl groups is 1. The number of hydrogen-bond donors (Lipinski definition) is 4. The predicted molar refractivity (Wildman–Crippen MR) is 78.4 cm³/mol. The van der Waals surface area contributed by atoms with Gasteiger partial charge in [0.15, 0.2) is 0 Å². The number of hydrogen-bond acceptors (Lipinski definition) is 8. The van der Waals surface area contributed by atoms with Gasteiger partial charge >= 0.3 is 0 Å². The highest BCUT2D eigenvalue weighted by Gasteiger charge is 2.16. The summed E-state index contributed by atoms with van der Waals surface area (Å²) in [7, 11) is 0. The van der Waals surface area contributed by atoms with Crippen LogP contribution in [0.5, 0.6) is 0 Å². The number of nitrogen functional groups attached to an aromatic ring is 1. The lowest BCUT2D eigenvalue weighted by atomic mass is 10.1. The van der Waals surface area contributed by atoms with Gasteiger partial charge in [-0.05, 0) is 25.2 Å². The van der Waals surface area contributed by atoms with Crippen LogP contribution >= 0.6 is 0 Å². The molecule has 0 aliphatic carbocycles. The monoisotopic (exact) mass is 281 g/mol. The van der Waals surface area contributed by atoms with Crippen LogP contribution in [-0.2, 0) is 0 Å². The van der Waals surface area contributed by atoms with Gasteiger partial charge in [-0.2, -0.15) is 15.0 Å². The van der Waals surface area contributed by atoms with Gasteiger partial charge in [0.2, 0.25) is 17.8 Å². The summed E-state index contributed by atoms with van der Waals surface area (Å²) in [6, 6.07) is 0. The van der Waals surface area contributed by atoms with E-state index in [9.17, 15) is 0 Å². The molecule has 1 aromatic heterocycles. The summed E-state index contributed by atoms with van der Waals surface area (Å²) < 4.78 is 0. The van der Waals surface area contributed by atoms with Crippen molar-refractivity contribution in [2.24, 2.45) is 11.8 Å². The summed E-state index contributed by atoms with van der Waals surface area (Å²) in [5.41, 5.74) is 2.47. The summed E-state index contributed by atoms with van der Waals surface area (Å²) in [6.45, 7) is 4.59. The lowest BCUT2D eigenvalue weighted by Crippen LogP contribution is -2.32. The summed E-state index contributed by atoms with van der Waals surface area (Å²) >= 11 is 0. The van der Waals surface area contributed by atoms with E-state index in [1.165, 1.54) is 6.42 Å². The molecule has 0 saturated carbocycles. The molecule has 1 aromatic rings. The highest BCUT2D eigenvalue weighted by Crippen LogP contribution is 2.18. The van der Waals surface area contributed by atoms with Gasteiger partial charge in [0.05, 0.1) is 0 Å². The lowest BCUT2D eigenvalue weighted by Gasteiger charge is -2.27. The minimum absolute atomic E-state index is 0.124. The maximum atomic E-state index is 9.04. The Morgan fingerprint density at radius 2 is 1.90 bits per heavy atom. The Hall–Kier alpha value is -1.67. The summed E-state index contributed by atoms with van der Waals surface area (Å²) in [5, 5.41) is 12.1. The van der Waals surface area contributed by atoms with E-state index in [2.05, 4.69) is 30.6 Å². The first-order valence-electron chi connectivity index (χ1n) is 7.05.